The highest BCUT2D eigenvalue weighted by atomic mass is 14.8. The molecule has 0 aromatic heterocycles. The Morgan fingerprint density at radius 1 is 0.615 bits per heavy atom. The summed E-state index contributed by atoms with van der Waals surface area (Å²) < 4.78 is 0. The van der Waals surface area contributed by atoms with Crippen LogP contribution < -0.4 is 0 Å². The molecule has 0 N–H and O–H groups in total. The molecular weight excluding hydrogens is 629 g/mol. The van der Waals surface area contributed by atoms with Crippen LogP contribution in [0.5, 0.6) is 0 Å². The quantitative estimate of drug-likeness (QED) is 0.0786. The fraction of sp³-hybridized carbons (Fsp3) is 0.0800. The van der Waals surface area contributed by atoms with Crippen molar-refractivity contribution in [1.29, 1.82) is 0 Å². The smallest absolute Gasteiger partial charge is 0.0711 e. The van der Waals surface area contributed by atoms with Gasteiger partial charge in [-0.25, -0.2) is 0 Å². The van der Waals surface area contributed by atoms with E-state index in [0.717, 1.165) is 56.9 Å². The van der Waals surface area contributed by atoms with Gasteiger partial charge in [-0.05, 0) is 128 Å². The van der Waals surface area contributed by atoms with Crippen molar-refractivity contribution in [1.82, 2.24) is 0 Å². The molecule has 6 aromatic rings. The minimum atomic E-state index is 0.812. The van der Waals surface area contributed by atoms with E-state index in [4.69, 9.17) is 4.99 Å². The number of aliphatic imine (C=N–C) groups is 2. The molecule has 2 nitrogen and oxygen atoms in total. The molecule has 0 fully saturated rings. The lowest BCUT2D eigenvalue weighted by Gasteiger charge is -2.13. The molecule has 6 aromatic carbocycles. The molecule has 52 heavy (non-hydrogen) atoms. The molecule has 254 valence electrons. The molecule has 0 bridgehead atoms. The van der Waals surface area contributed by atoms with E-state index in [-0.39, 0.29) is 0 Å². The van der Waals surface area contributed by atoms with Crippen LogP contribution in [0.3, 0.4) is 0 Å². The molecule has 0 aliphatic heterocycles. The van der Waals surface area contributed by atoms with Gasteiger partial charge in [0, 0.05) is 17.5 Å². The number of benzene rings is 6. The van der Waals surface area contributed by atoms with Gasteiger partial charge >= 0.3 is 0 Å². The Hall–Kier alpha value is -6.38. The van der Waals surface area contributed by atoms with Crippen LogP contribution in [0.2, 0.25) is 0 Å². The van der Waals surface area contributed by atoms with E-state index in [1.165, 1.54) is 32.7 Å². The van der Waals surface area contributed by atoms with Crippen LogP contribution in [0.1, 0.15) is 49.4 Å². The highest BCUT2D eigenvalue weighted by Gasteiger charge is 2.14. The average molecular weight is 673 g/mol. The lowest BCUT2D eigenvalue weighted by Crippen LogP contribution is -1.99. The Balaban J connectivity index is 0.00000228. The van der Waals surface area contributed by atoms with Crippen molar-refractivity contribution in [2.75, 3.05) is 0 Å². The first-order valence-electron chi connectivity index (χ1n) is 17.9. The molecule has 0 saturated carbocycles. The summed E-state index contributed by atoms with van der Waals surface area (Å²) in [6.45, 7) is 14.2. The first-order chi connectivity index (χ1) is 25.5. The van der Waals surface area contributed by atoms with Crippen LogP contribution in [-0.2, 0) is 0 Å². The number of hydrogen-bond acceptors (Lipinski definition) is 2. The van der Waals surface area contributed by atoms with E-state index in [1.807, 2.05) is 68.6 Å². The summed E-state index contributed by atoms with van der Waals surface area (Å²) in [5.74, 6) is 0. The molecule has 0 unspecified atom stereocenters. The van der Waals surface area contributed by atoms with Crippen LogP contribution in [0.4, 0.5) is 0 Å². The van der Waals surface area contributed by atoms with E-state index in [9.17, 15) is 0 Å². The van der Waals surface area contributed by atoms with Crippen LogP contribution >= 0.6 is 0 Å². The predicted molar refractivity (Wildman–Crippen MR) is 229 cm³/mol. The lowest BCUT2D eigenvalue weighted by molar-refractivity contribution is 1.38. The summed E-state index contributed by atoms with van der Waals surface area (Å²) in [6.07, 6.45) is 14.6. The minimum absolute atomic E-state index is 0.812. The molecule has 0 amide bonds. The highest BCUT2D eigenvalue weighted by Crippen LogP contribution is 2.34. The minimum Gasteiger partial charge on any atom is -0.257 e. The first-order valence-corrected chi connectivity index (χ1v) is 17.9. The Morgan fingerprint density at radius 2 is 1.25 bits per heavy atom. The third-order valence-electron chi connectivity index (χ3n) is 8.98. The van der Waals surface area contributed by atoms with Crippen molar-refractivity contribution in [2.45, 2.75) is 27.2 Å². The van der Waals surface area contributed by atoms with Crippen molar-refractivity contribution in [3.63, 3.8) is 0 Å². The maximum atomic E-state index is 5.29. The fourth-order valence-electron chi connectivity index (χ4n) is 6.30. The van der Waals surface area contributed by atoms with Gasteiger partial charge in [0.1, 0.15) is 0 Å². The molecule has 0 radical (unpaired) electrons. The van der Waals surface area contributed by atoms with Gasteiger partial charge in [0.15, 0.2) is 0 Å². The Bertz CT molecular complexity index is 2420. The number of nitrogens with zero attached hydrogens (tertiary/aromatic N) is 2. The van der Waals surface area contributed by atoms with Gasteiger partial charge in [-0.2, -0.15) is 0 Å². The van der Waals surface area contributed by atoms with Crippen LogP contribution in [-0.4, -0.2) is 11.9 Å². The van der Waals surface area contributed by atoms with Gasteiger partial charge in [-0.1, -0.05) is 142 Å². The van der Waals surface area contributed by atoms with E-state index < -0.39 is 0 Å². The number of fused-ring (bicyclic) bond motifs is 2. The lowest BCUT2D eigenvalue weighted by atomic mass is 9.92. The molecule has 0 saturated heterocycles. The largest absolute Gasteiger partial charge is 0.257 e. The zero-order valence-electron chi connectivity index (χ0n) is 30.3. The van der Waals surface area contributed by atoms with Crippen molar-refractivity contribution in [3.8, 4) is 11.1 Å². The van der Waals surface area contributed by atoms with Gasteiger partial charge in [0.2, 0.25) is 0 Å². The van der Waals surface area contributed by atoms with Crippen LogP contribution in [0.25, 0.3) is 49.5 Å². The van der Waals surface area contributed by atoms with E-state index in [2.05, 4.69) is 140 Å². The summed E-state index contributed by atoms with van der Waals surface area (Å²) in [7, 11) is 0. The zero-order valence-corrected chi connectivity index (χ0v) is 30.3. The van der Waals surface area contributed by atoms with Crippen molar-refractivity contribution < 1.29 is 0 Å². The molecule has 2 heteroatoms. The SMILES string of the molecule is C=C/C=C\C=NC1=CCC(c2cc(C(C)=N/C(=C\C(=C)c3ccccc3)c3ccccc3)cc(-c3ccc4cc5ccccc5cc4c3)c2)=C1.CC. The summed E-state index contributed by atoms with van der Waals surface area (Å²) in [5, 5.41) is 4.94. The molecule has 0 atom stereocenters. The van der Waals surface area contributed by atoms with Gasteiger partial charge in [0.05, 0.1) is 11.4 Å². The fourth-order valence-corrected chi connectivity index (χ4v) is 6.30. The molecule has 1 aliphatic rings. The topological polar surface area (TPSA) is 24.7 Å². The zero-order chi connectivity index (χ0) is 36.3. The maximum absolute atomic E-state index is 5.29. The molecular formula is C50H44N2. The number of allylic oxidation sites excluding steroid dienone is 8. The summed E-state index contributed by atoms with van der Waals surface area (Å²) in [5.41, 5.74) is 11.5. The number of hydrogen-bond donors (Lipinski definition) is 0. The maximum Gasteiger partial charge on any atom is 0.0711 e. The van der Waals surface area contributed by atoms with Crippen molar-refractivity contribution in [3.05, 3.63) is 211 Å². The Kier molecular flexibility index (Phi) is 11.6. The van der Waals surface area contributed by atoms with Crippen LogP contribution in [0, 0.1) is 0 Å². The second-order valence-electron chi connectivity index (χ2n) is 12.4. The average Bonchev–Trinajstić information content (AvgIpc) is 3.68. The molecule has 0 heterocycles. The van der Waals surface area contributed by atoms with Gasteiger partial charge < -0.3 is 0 Å². The van der Waals surface area contributed by atoms with Gasteiger partial charge in [-0.3, -0.25) is 9.98 Å². The number of rotatable bonds is 10. The predicted octanol–water partition coefficient (Wildman–Crippen LogP) is 13.7. The first kappa shape index (κ1) is 35.4. The standard InChI is InChI=1S/C48H38N2.C2H6/c1-4-5-14-25-49-47-24-23-42(33-47)46-31-43(30-45(32-46)41-22-21-40-27-38-19-12-13-20-39(38)28-44(40)29-41)35(3)50-48(37-17-10-7-11-18-37)26-34(2)36-15-8-6-9-16-36;1-2/h4-22,24-33H,1-2,23H2,3H3;1-2H3/b14-5-,48-26-,49-25?,50-35?;. The van der Waals surface area contributed by atoms with Crippen molar-refractivity contribution >= 4 is 50.3 Å². The normalized spacial score (nSPS) is 13.3. The monoisotopic (exact) mass is 672 g/mol. The Labute approximate surface area is 308 Å². The van der Waals surface area contributed by atoms with Crippen LogP contribution in [0.15, 0.2) is 199 Å². The summed E-state index contributed by atoms with van der Waals surface area (Å²) in [4.78, 5) is 9.93. The van der Waals surface area contributed by atoms with Gasteiger partial charge in [-0.15, -0.1) is 0 Å². The second kappa shape index (κ2) is 17.0. The Morgan fingerprint density at radius 3 is 1.96 bits per heavy atom. The summed E-state index contributed by atoms with van der Waals surface area (Å²) >= 11 is 0. The van der Waals surface area contributed by atoms with E-state index >= 15 is 0 Å². The third-order valence-corrected chi connectivity index (χ3v) is 8.98. The highest BCUT2D eigenvalue weighted by molar-refractivity contribution is 6.05. The van der Waals surface area contributed by atoms with Gasteiger partial charge in [0.25, 0.3) is 0 Å². The van der Waals surface area contributed by atoms with Crippen molar-refractivity contribution in [2.24, 2.45) is 9.98 Å². The molecule has 0 spiro atoms. The second-order valence-corrected chi connectivity index (χ2v) is 12.4. The van der Waals surface area contributed by atoms with E-state index in [1.54, 1.807) is 6.08 Å². The molecule has 7 rings (SSSR count). The molecule has 1 aliphatic carbocycles. The third kappa shape index (κ3) is 8.49. The summed E-state index contributed by atoms with van der Waals surface area (Å²) in [6, 6.07) is 47.3. The van der Waals surface area contributed by atoms with E-state index in [0.29, 0.717) is 0 Å².